The van der Waals surface area contributed by atoms with Crippen LogP contribution in [0.3, 0.4) is 0 Å². The number of carbonyl (C=O) groups is 1. The minimum atomic E-state index is -0.276. The summed E-state index contributed by atoms with van der Waals surface area (Å²) in [5, 5.41) is 2.12. The number of fused-ring (bicyclic) bond motifs is 3. The van der Waals surface area contributed by atoms with Gasteiger partial charge in [-0.1, -0.05) is 36.4 Å². The highest BCUT2D eigenvalue weighted by atomic mass is 16.5. The van der Waals surface area contributed by atoms with Gasteiger partial charge in [0.25, 0.3) is 0 Å². The molecule has 0 aliphatic heterocycles. The van der Waals surface area contributed by atoms with Crippen LogP contribution in [0.25, 0.3) is 16.8 Å². The Bertz CT molecular complexity index is 639. The molecule has 0 fully saturated rings. The second-order valence-corrected chi connectivity index (χ2v) is 4.13. The predicted octanol–water partition coefficient (Wildman–Crippen LogP) is 3.20. The van der Waals surface area contributed by atoms with E-state index in [4.69, 9.17) is 4.74 Å². The zero-order valence-electron chi connectivity index (χ0n) is 9.57. The van der Waals surface area contributed by atoms with E-state index in [9.17, 15) is 4.79 Å². The van der Waals surface area contributed by atoms with Gasteiger partial charge >= 0.3 is 5.97 Å². The maximum absolute atomic E-state index is 11.7. The van der Waals surface area contributed by atoms with Crippen LogP contribution in [0.4, 0.5) is 0 Å². The van der Waals surface area contributed by atoms with Gasteiger partial charge in [-0.2, -0.15) is 0 Å². The Morgan fingerprint density at radius 3 is 2.88 bits per heavy atom. The fraction of sp³-hybridized carbons (Fsp3) is 0.133. The van der Waals surface area contributed by atoms with Gasteiger partial charge in [0.05, 0.1) is 12.7 Å². The molecule has 0 saturated carbocycles. The molecular weight excluding hydrogens is 212 g/mol. The minimum Gasteiger partial charge on any atom is -0.465 e. The molecule has 0 atom stereocenters. The molecule has 0 unspecified atom stereocenters. The lowest BCUT2D eigenvalue weighted by Gasteiger charge is -2.08. The summed E-state index contributed by atoms with van der Waals surface area (Å²) in [4.78, 5) is 11.7. The van der Waals surface area contributed by atoms with Gasteiger partial charge < -0.3 is 4.74 Å². The molecule has 0 N–H and O–H groups in total. The Balaban J connectivity index is 2.32. The average molecular weight is 224 g/mol. The number of ether oxygens (including phenoxy) is 1. The van der Waals surface area contributed by atoms with Gasteiger partial charge in [-0.05, 0) is 34.4 Å². The zero-order chi connectivity index (χ0) is 11.8. The molecule has 0 radical (unpaired) electrons. The van der Waals surface area contributed by atoms with Gasteiger partial charge in [0.1, 0.15) is 0 Å². The first-order chi connectivity index (χ1) is 8.31. The number of hydrogen-bond acceptors (Lipinski definition) is 2. The van der Waals surface area contributed by atoms with Crippen molar-refractivity contribution in [2.24, 2.45) is 0 Å². The van der Waals surface area contributed by atoms with Crippen molar-refractivity contribution in [1.29, 1.82) is 0 Å². The van der Waals surface area contributed by atoms with Crippen molar-refractivity contribution in [1.82, 2.24) is 0 Å². The molecule has 0 aromatic heterocycles. The lowest BCUT2D eigenvalue weighted by molar-refractivity contribution is 0.0603. The Labute approximate surface area is 99.5 Å². The van der Waals surface area contributed by atoms with Gasteiger partial charge in [0.2, 0.25) is 0 Å². The van der Waals surface area contributed by atoms with E-state index in [1.54, 1.807) is 0 Å². The smallest absolute Gasteiger partial charge is 0.338 e. The summed E-state index contributed by atoms with van der Waals surface area (Å²) in [6.07, 6.45) is 5.21. The summed E-state index contributed by atoms with van der Waals surface area (Å²) in [7, 11) is 1.41. The Kier molecular flexibility index (Phi) is 2.22. The van der Waals surface area contributed by atoms with E-state index < -0.39 is 0 Å². The third-order valence-electron chi connectivity index (χ3n) is 3.23. The standard InChI is InChI=1S/C15H12O2/c1-17-15(16)14-7-3-6-12-11-5-2-4-10(11)8-9-13(12)14/h2-4,6-9H,5H2,1H3. The molecule has 0 bridgehead atoms. The van der Waals surface area contributed by atoms with Crippen LogP contribution in [0, 0.1) is 0 Å². The third-order valence-corrected chi connectivity index (χ3v) is 3.23. The fourth-order valence-corrected chi connectivity index (χ4v) is 2.41. The number of esters is 1. The Morgan fingerprint density at radius 2 is 2.06 bits per heavy atom. The Hall–Kier alpha value is -2.09. The van der Waals surface area contributed by atoms with Crippen LogP contribution >= 0.6 is 0 Å². The second kappa shape index (κ2) is 3.74. The topological polar surface area (TPSA) is 26.3 Å². The van der Waals surface area contributed by atoms with Crippen LogP contribution in [-0.4, -0.2) is 13.1 Å². The summed E-state index contributed by atoms with van der Waals surface area (Å²) >= 11 is 0. The van der Waals surface area contributed by atoms with Crippen molar-refractivity contribution in [2.75, 3.05) is 7.11 Å². The van der Waals surface area contributed by atoms with Crippen molar-refractivity contribution >= 4 is 22.8 Å². The number of rotatable bonds is 1. The van der Waals surface area contributed by atoms with Gasteiger partial charge in [-0.3, -0.25) is 0 Å². The molecule has 2 aromatic rings. The molecule has 17 heavy (non-hydrogen) atoms. The van der Waals surface area contributed by atoms with Crippen LogP contribution in [0.5, 0.6) is 0 Å². The number of benzene rings is 2. The van der Waals surface area contributed by atoms with Crippen molar-refractivity contribution in [3.63, 3.8) is 0 Å². The quantitative estimate of drug-likeness (QED) is 0.695. The minimum absolute atomic E-state index is 0.276. The Morgan fingerprint density at radius 1 is 1.18 bits per heavy atom. The van der Waals surface area contributed by atoms with Crippen molar-refractivity contribution in [3.8, 4) is 0 Å². The average Bonchev–Trinajstić information content (AvgIpc) is 2.85. The van der Waals surface area contributed by atoms with Crippen molar-refractivity contribution in [2.45, 2.75) is 6.42 Å². The van der Waals surface area contributed by atoms with Crippen molar-refractivity contribution in [3.05, 3.63) is 53.1 Å². The van der Waals surface area contributed by atoms with Gasteiger partial charge in [0, 0.05) is 0 Å². The lowest BCUT2D eigenvalue weighted by atomic mass is 9.97. The van der Waals surface area contributed by atoms with E-state index in [-0.39, 0.29) is 5.97 Å². The highest BCUT2D eigenvalue weighted by Crippen LogP contribution is 2.30. The normalized spacial score (nSPS) is 12.8. The van der Waals surface area contributed by atoms with Crippen molar-refractivity contribution < 1.29 is 9.53 Å². The van der Waals surface area contributed by atoms with E-state index in [1.807, 2.05) is 18.2 Å². The van der Waals surface area contributed by atoms with Crippen LogP contribution in [0.2, 0.25) is 0 Å². The van der Waals surface area contributed by atoms with E-state index in [0.717, 1.165) is 17.2 Å². The van der Waals surface area contributed by atoms with E-state index >= 15 is 0 Å². The summed E-state index contributed by atoms with van der Waals surface area (Å²) in [5.41, 5.74) is 3.19. The summed E-state index contributed by atoms with van der Waals surface area (Å²) in [5.74, 6) is -0.276. The number of methoxy groups -OCH3 is 1. The van der Waals surface area contributed by atoms with E-state index in [2.05, 4.69) is 24.3 Å². The maximum atomic E-state index is 11.7. The SMILES string of the molecule is COC(=O)c1cccc2c3c(ccc12)C=CC3. The van der Waals surface area contributed by atoms with Gasteiger partial charge in [0.15, 0.2) is 0 Å². The summed E-state index contributed by atoms with van der Waals surface area (Å²) < 4.78 is 4.81. The van der Waals surface area contributed by atoms with E-state index in [1.165, 1.54) is 18.2 Å². The molecule has 2 aromatic carbocycles. The molecule has 0 heterocycles. The molecule has 0 spiro atoms. The first kappa shape index (κ1) is 10.1. The molecule has 2 heteroatoms. The molecule has 1 aliphatic rings. The second-order valence-electron chi connectivity index (χ2n) is 4.13. The first-order valence-electron chi connectivity index (χ1n) is 5.61. The van der Waals surface area contributed by atoms with Crippen LogP contribution in [0.15, 0.2) is 36.4 Å². The van der Waals surface area contributed by atoms with Gasteiger partial charge in [-0.15, -0.1) is 0 Å². The summed E-state index contributed by atoms with van der Waals surface area (Å²) in [6.45, 7) is 0. The lowest BCUT2D eigenvalue weighted by Crippen LogP contribution is -2.02. The predicted molar refractivity (Wildman–Crippen MR) is 68.0 cm³/mol. The largest absolute Gasteiger partial charge is 0.465 e. The van der Waals surface area contributed by atoms with Gasteiger partial charge in [-0.25, -0.2) is 4.79 Å². The highest BCUT2D eigenvalue weighted by molar-refractivity contribution is 6.06. The fourth-order valence-electron chi connectivity index (χ4n) is 2.41. The van der Waals surface area contributed by atoms with E-state index in [0.29, 0.717) is 5.56 Å². The monoisotopic (exact) mass is 224 g/mol. The first-order valence-corrected chi connectivity index (χ1v) is 5.61. The molecule has 1 aliphatic carbocycles. The molecule has 0 amide bonds. The molecule has 0 saturated heterocycles. The van der Waals surface area contributed by atoms with Crippen LogP contribution in [0.1, 0.15) is 21.5 Å². The highest BCUT2D eigenvalue weighted by Gasteiger charge is 2.14. The summed E-state index contributed by atoms with van der Waals surface area (Å²) in [6, 6.07) is 9.84. The third kappa shape index (κ3) is 1.45. The molecule has 84 valence electrons. The van der Waals surface area contributed by atoms with Crippen LogP contribution < -0.4 is 0 Å². The molecule has 3 rings (SSSR count). The van der Waals surface area contributed by atoms with Crippen LogP contribution in [-0.2, 0) is 11.2 Å². The number of carbonyl (C=O) groups excluding carboxylic acids is 1. The maximum Gasteiger partial charge on any atom is 0.338 e. The zero-order valence-corrected chi connectivity index (χ0v) is 9.57. The molecular formula is C15H12O2. The number of hydrogen-bond donors (Lipinski definition) is 0. The number of allylic oxidation sites excluding steroid dienone is 1. The molecule has 2 nitrogen and oxygen atoms in total.